The second-order valence-corrected chi connectivity index (χ2v) is 6.20. The zero-order valence-electron chi connectivity index (χ0n) is 13.7. The molecule has 6 nitrogen and oxygen atoms in total. The minimum Gasteiger partial charge on any atom is -0.486 e. The second-order valence-electron chi connectivity index (χ2n) is 6.20. The van der Waals surface area contributed by atoms with E-state index in [-0.39, 0.29) is 5.91 Å². The summed E-state index contributed by atoms with van der Waals surface area (Å²) in [5.74, 6) is -0.272. The Morgan fingerprint density at radius 2 is 1.76 bits per heavy atom. The van der Waals surface area contributed by atoms with Crippen LogP contribution in [0.15, 0.2) is 36.4 Å². The van der Waals surface area contributed by atoms with E-state index in [1.54, 1.807) is 42.2 Å². The number of anilines is 1. The van der Waals surface area contributed by atoms with E-state index in [2.05, 4.69) is 0 Å². The van der Waals surface area contributed by atoms with Gasteiger partial charge in [0.25, 0.3) is 5.91 Å². The number of benzene rings is 2. The molecule has 2 heterocycles. The second kappa shape index (κ2) is 5.81. The predicted molar refractivity (Wildman–Crippen MR) is 90.4 cm³/mol. The van der Waals surface area contributed by atoms with Gasteiger partial charge in [-0.05, 0) is 42.3 Å². The summed E-state index contributed by atoms with van der Waals surface area (Å²) >= 11 is 0. The third-order valence-electron chi connectivity index (χ3n) is 4.65. The van der Waals surface area contributed by atoms with E-state index in [1.807, 2.05) is 6.07 Å². The fraction of sp³-hybridized carbons (Fsp3) is 0.263. The highest BCUT2D eigenvalue weighted by Crippen LogP contribution is 2.38. The van der Waals surface area contributed by atoms with Gasteiger partial charge in [-0.1, -0.05) is 12.1 Å². The van der Waals surface area contributed by atoms with Crippen LogP contribution in [0.4, 0.5) is 5.69 Å². The van der Waals surface area contributed by atoms with Gasteiger partial charge in [0.2, 0.25) is 0 Å². The molecule has 1 unspecified atom stereocenters. The number of carboxylic acids is 1. The lowest BCUT2D eigenvalue weighted by atomic mass is 10.0. The first-order valence-electron chi connectivity index (χ1n) is 8.12. The van der Waals surface area contributed by atoms with Gasteiger partial charge in [0, 0.05) is 11.3 Å². The molecule has 128 valence electrons. The largest absolute Gasteiger partial charge is 0.486 e. The van der Waals surface area contributed by atoms with Crippen molar-refractivity contribution in [3.05, 3.63) is 53.1 Å². The Morgan fingerprint density at radius 3 is 2.40 bits per heavy atom. The lowest BCUT2D eigenvalue weighted by Gasteiger charge is -2.18. The standard InChI is InChI=1S/C19H17NO5/c1-11(19(22)23)12-2-4-14(5-3-12)20-10-13-8-16-17(25-7-6-24-16)9-15(13)18(20)21/h2-5,8-9,11H,6-7,10H2,1H3,(H,22,23). The van der Waals surface area contributed by atoms with Gasteiger partial charge in [0.1, 0.15) is 13.2 Å². The molecule has 6 heteroatoms. The highest BCUT2D eigenvalue weighted by molar-refractivity contribution is 6.10. The molecular weight excluding hydrogens is 322 g/mol. The summed E-state index contributed by atoms with van der Waals surface area (Å²) in [6.07, 6.45) is 0. The highest BCUT2D eigenvalue weighted by Gasteiger charge is 2.31. The number of rotatable bonds is 3. The molecule has 0 saturated heterocycles. The maximum Gasteiger partial charge on any atom is 0.310 e. The van der Waals surface area contributed by atoms with Gasteiger partial charge < -0.3 is 19.5 Å². The van der Waals surface area contributed by atoms with Crippen LogP contribution >= 0.6 is 0 Å². The third-order valence-corrected chi connectivity index (χ3v) is 4.65. The molecule has 0 bridgehead atoms. The van der Waals surface area contributed by atoms with Crippen LogP contribution in [0.1, 0.15) is 34.3 Å². The predicted octanol–water partition coefficient (Wildman–Crippen LogP) is 2.81. The van der Waals surface area contributed by atoms with Crippen molar-refractivity contribution in [3.8, 4) is 11.5 Å². The van der Waals surface area contributed by atoms with E-state index in [0.29, 0.717) is 42.4 Å². The molecule has 0 fully saturated rings. The number of nitrogens with zero attached hydrogens (tertiary/aromatic N) is 1. The van der Waals surface area contributed by atoms with Crippen LogP contribution < -0.4 is 14.4 Å². The van der Waals surface area contributed by atoms with Crippen molar-refractivity contribution in [1.82, 2.24) is 0 Å². The maximum absolute atomic E-state index is 12.7. The number of amides is 1. The SMILES string of the molecule is CC(C(=O)O)c1ccc(N2Cc3cc4c(cc3C2=O)OCCO4)cc1. The number of fused-ring (bicyclic) bond motifs is 2. The van der Waals surface area contributed by atoms with Crippen molar-refractivity contribution < 1.29 is 24.2 Å². The van der Waals surface area contributed by atoms with Crippen LogP contribution in [0.5, 0.6) is 11.5 Å². The Labute approximate surface area is 144 Å². The first-order chi connectivity index (χ1) is 12.0. The number of carboxylic acid groups (broad SMARTS) is 1. The average molecular weight is 339 g/mol. The van der Waals surface area contributed by atoms with Crippen LogP contribution in [0.3, 0.4) is 0 Å². The molecule has 0 saturated carbocycles. The Morgan fingerprint density at radius 1 is 1.12 bits per heavy atom. The Bertz CT molecular complexity index is 859. The average Bonchev–Trinajstić information content (AvgIpc) is 2.95. The smallest absolute Gasteiger partial charge is 0.310 e. The highest BCUT2D eigenvalue weighted by atomic mass is 16.6. The molecule has 2 aliphatic rings. The van der Waals surface area contributed by atoms with Crippen LogP contribution in [0, 0.1) is 0 Å². The number of ether oxygens (including phenoxy) is 2. The molecular formula is C19H17NO5. The van der Waals surface area contributed by atoms with Gasteiger partial charge in [-0.2, -0.15) is 0 Å². The van der Waals surface area contributed by atoms with Crippen LogP contribution in [-0.2, 0) is 11.3 Å². The zero-order chi connectivity index (χ0) is 17.6. The monoisotopic (exact) mass is 339 g/mol. The summed E-state index contributed by atoms with van der Waals surface area (Å²) in [7, 11) is 0. The molecule has 2 aromatic carbocycles. The molecule has 1 atom stereocenters. The topological polar surface area (TPSA) is 76.1 Å². The van der Waals surface area contributed by atoms with Crippen molar-refractivity contribution in [2.45, 2.75) is 19.4 Å². The summed E-state index contributed by atoms with van der Waals surface area (Å²) < 4.78 is 11.1. The van der Waals surface area contributed by atoms with Crippen LogP contribution in [-0.4, -0.2) is 30.2 Å². The Hall–Kier alpha value is -3.02. The summed E-state index contributed by atoms with van der Waals surface area (Å²) in [6.45, 7) is 3.08. The van der Waals surface area contributed by atoms with E-state index < -0.39 is 11.9 Å². The molecule has 2 aliphatic heterocycles. The molecule has 1 N–H and O–H groups in total. The number of aliphatic carboxylic acids is 1. The quantitative estimate of drug-likeness (QED) is 0.930. The normalized spacial score (nSPS) is 16.5. The number of hydrogen-bond acceptors (Lipinski definition) is 4. The van der Waals surface area contributed by atoms with Crippen molar-refractivity contribution in [1.29, 1.82) is 0 Å². The summed E-state index contributed by atoms with van der Waals surface area (Å²) in [5.41, 5.74) is 2.96. The molecule has 0 aliphatic carbocycles. The molecule has 1 amide bonds. The summed E-state index contributed by atoms with van der Waals surface area (Å²) in [6, 6.07) is 10.7. The van der Waals surface area contributed by atoms with Gasteiger partial charge >= 0.3 is 5.97 Å². The molecule has 0 radical (unpaired) electrons. The Kier molecular flexibility index (Phi) is 3.60. The van der Waals surface area contributed by atoms with Gasteiger partial charge in [-0.3, -0.25) is 9.59 Å². The number of hydrogen-bond donors (Lipinski definition) is 1. The number of carbonyl (C=O) groups is 2. The fourth-order valence-electron chi connectivity index (χ4n) is 3.14. The van der Waals surface area contributed by atoms with Crippen molar-refractivity contribution in [2.75, 3.05) is 18.1 Å². The van der Waals surface area contributed by atoms with Crippen LogP contribution in [0.2, 0.25) is 0 Å². The Balaban J connectivity index is 1.62. The molecule has 2 aromatic rings. The molecule has 0 aromatic heterocycles. The van der Waals surface area contributed by atoms with Gasteiger partial charge in [0.15, 0.2) is 11.5 Å². The van der Waals surface area contributed by atoms with E-state index >= 15 is 0 Å². The van der Waals surface area contributed by atoms with Crippen LogP contribution in [0.25, 0.3) is 0 Å². The zero-order valence-corrected chi connectivity index (χ0v) is 13.7. The van der Waals surface area contributed by atoms with E-state index in [4.69, 9.17) is 14.6 Å². The lowest BCUT2D eigenvalue weighted by molar-refractivity contribution is -0.138. The first kappa shape index (κ1) is 15.5. The van der Waals surface area contributed by atoms with Crippen molar-refractivity contribution in [2.24, 2.45) is 0 Å². The van der Waals surface area contributed by atoms with Gasteiger partial charge in [0.05, 0.1) is 12.5 Å². The maximum atomic E-state index is 12.7. The minimum absolute atomic E-state index is 0.0917. The summed E-state index contributed by atoms with van der Waals surface area (Å²) in [5, 5.41) is 9.09. The van der Waals surface area contributed by atoms with Gasteiger partial charge in [-0.15, -0.1) is 0 Å². The lowest BCUT2D eigenvalue weighted by Crippen LogP contribution is -2.23. The molecule has 25 heavy (non-hydrogen) atoms. The third kappa shape index (κ3) is 2.59. The number of carbonyl (C=O) groups excluding carboxylic acids is 1. The summed E-state index contributed by atoms with van der Waals surface area (Å²) in [4.78, 5) is 25.5. The van der Waals surface area contributed by atoms with Crippen molar-refractivity contribution >= 4 is 17.6 Å². The van der Waals surface area contributed by atoms with E-state index in [1.165, 1.54) is 0 Å². The molecule has 0 spiro atoms. The minimum atomic E-state index is -0.872. The van der Waals surface area contributed by atoms with E-state index in [0.717, 1.165) is 11.3 Å². The molecule has 4 rings (SSSR count). The fourth-order valence-corrected chi connectivity index (χ4v) is 3.14. The van der Waals surface area contributed by atoms with Crippen molar-refractivity contribution in [3.63, 3.8) is 0 Å². The first-order valence-corrected chi connectivity index (χ1v) is 8.12. The van der Waals surface area contributed by atoms with E-state index in [9.17, 15) is 9.59 Å². The van der Waals surface area contributed by atoms with Gasteiger partial charge in [-0.25, -0.2) is 0 Å².